The zero-order chi connectivity index (χ0) is 13.8. The molecule has 0 amide bonds. The lowest BCUT2D eigenvalue weighted by molar-refractivity contribution is -0.384. The number of hydrogen-bond acceptors (Lipinski definition) is 5. The molecule has 1 fully saturated rings. The molecule has 0 spiro atoms. The number of aliphatic hydroxyl groups is 1. The Morgan fingerprint density at radius 1 is 1.42 bits per heavy atom. The molecule has 0 heterocycles. The number of nitro groups is 1. The van der Waals surface area contributed by atoms with Crippen LogP contribution in [-0.4, -0.2) is 29.2 Å². The Morgan fingerprint density at radius 3 is 2.63 bits per heavy atom. The monoisotopic (exact) mass is 265 g/mol. The van der Waals surface area contributed by atoms with Crippen molar-refractivity contribution in [3.05, 3.63) is 28.3 Å². The molecule has 2 rings (SSSR count). The first-order valence-electron chi connectivity index (χ1n) is 6.55. The fourth-order valence-corrected chi connectivity index (χ4v) is 2.74. The fourth-order valence-electron chi connectivity index (χ4n) is 2.74. The first kappa shape index (κ1) is 13.6. The highest BCUT2D eigenvalue weighted by Gasteiger charge is 2.24. The molecule has 0 aromatic heterocycles. The second-order valence-electron chi connectivity index (χ2n) is 4.86. The van der Waals surface area contributed by atoms with Crippen LogP contribution in [0.25, 0.3) is 0 Å². The predicted molar refractivity (Wildman–Crippen MR) is 74.2 cm³/mol. The van der Waals surface area contributed by atoms with Gasteiger partial charge in [-0.05, 0) is 18.9 Å². The van der Waals surface area contributed by atoms with Crippen LogP contribution in [0.1, 0.15) is 25.7 Å². The molecule has 0 aliphatic heterocycles. The molecule has 1 aromatic carbocycles. The largest absolute Gasteiger partial charge is 0.397 e. The second-order valence-corrected chi connectivity index (χ2v) is 4.86. The maximum Gasteiger partial charge on any atom is 0.271 e. The molecule has 0 bridgehead atoms. The third-order valence-electron chi connectivity index (χ3n) is 3.64. The van der Waals surface area contributed by atoms with Gasteiger partial charge >= 0.3 is 0 Å². The van der Waals surface area contributed by atoms with Crippen molar-refractivity contribution in [2.75, 3.05) is 23.8 Å². The van der Waals surface area contributed by atoms with Crippen molar-refractivity contribution in [3.63, 3.8) is 0 Å². The standard InChI is InChI=1S/C13H19N3O3/c14-12-9-11(16(18)19)5-6-13(12)15(7-8-17)10-3-1-2-4-10/h5-6,9-10,17H,1-4,7-8,14H2. The third kappa shape index (κ3) is 2.96. The van der Waals surface area contributed by atoms with Gasteiger partial charge < -0.3 is 15.7 Å². The Kier molecular flexibility index (Phi) is 4.21. The Balaban J connectivity index is 2.28. The highest BCUT2D eigenvalue weighted by molar-refractivity contribution is 5.71. The van der Waals surface area contributed by atoms with Crippen molar-refractivity contribution in [1.29, 1.82) is 0 Å². The van der Waals surface area contributed by atoms with E-state index in [1.807, 2.05) is 0 Å². The number of nitro benzene ring substituents is 1. The number of nitrogens with zero attached hydrogens (tertiary/aromatic N) is 2. The average molecular weight is 265 g/mol. The molecule has 3 N–H and O–H groups in total. The number of benzene rings is 1. The summed E-state index contributed by atoms with van der Waals surface area (Å²) in [5.74, 6) is 0. The molecule has 0 unspecified atom stereocenters. The summed E-state index contributed by atoms with van der Waals surface area (Å²) in [6.07, 6.45) is 4.52. The summed E-state index contributed by atoms with van der Waals surface area (Å²) < 4.78 is 0. The van der Waals surface area contributed by atoms with E-state index in [1.54, 1.807) is 6.07 Å². The lowest BCUT2D eigenvalue weighted by atomic mass is 10.1. The summed E-state index contributed by atoms with van der Waals surface area (Å²) in [7, 11) is 0. The van der Waals surface area contributed by atoms with Crippen LogP contribution < -0.4 is 10.6 Å². The molecule has 19 heavy (non-hydrogen) atoms. The topological polar surface area (TPSA) is 92.6 Å². The summed E-state index contributed by atoms with van der Waals surface area (Å²) in [4.78, 5) is 12.3. The van der Waals surface area contributed by atoms with Crippen LogP contribution in [-0.2, 0) is 0 Å². The van der Waals surface area contributed by atoms with Gasteiger partial charge in [-0.15, -0.1) is 0 Å². The predicted octanol–water partition coefficient (Wildman–Crippen LogP) is 1.92. The molecule has 104 valence electrons. The van der Waals surface area contributed by atoms with E-state index in [2.05, 4.69) is 4.90 Å². The van der Waals surface area contributed by atoms with E-state index < -0.39 is 4.92 Å². The molecule has 6 heteroatoms. The lowest BCUT2D eigenvalue weighted by Gasteiger charge is -2.31. The van der Waals surface area contributed by atoms with Crippen molar-refractivity contribution in [2.24, 2.45) is 0 Å². The zero-order valence-corrected chi connectivity index (χ0v) is 10.8. The highest BCUT2D eigenvalue weighted by atomic mass is 16.6. The SMILES string of the molecule is Nc1cc([N+](=O)[O-])ccc1N(CCO)C1CCCC1. The van der Waals surface area contributed by atoms with E-state index in [-0.39, 0.29) is 12.3 Å². The van der Waals surface area contributed by atoms with Crippen LogP contribution in [0.2, 0.25) is 0 Å². The Bertz CT molecular complexity index is 458. The van der Waals surface area contributed by atoms with Crippen LogP contribution in [0.3, 0.4) is 0 Å². The van der Waals surface area contributed by atoms with Crippen LogP contribution in [0.5, 0.6) is 0 Å². The van der Waals surface area contributed by atoms with Gasteiger partial charge in [0, 0.05) is 24.7 Å². The van der Waals surface area contributed by atoms with Gasteiger partial charge in [-0.3, -0.25) is 10.1 Å². The first-order chi connectivity index (χ1) is 9.13. The van der Waals surface area contributed by atoms with Crippen LogP contribution in [0, 0.1) is 10.1 Å². The molecule has 1 aliphatic carbocycles. The zero-order valence-electron chi connectivity index (χ0n) is 10.8. The molecule has 1 saturated carbocycles. The van der Waals surface area contributed by atoms with Crippen molar-refractivity contribution < 1.29 is 10.0 Å². The van der Waals surface area contributed by atoms with E-state index in [0.29, 0.717) is 18.3 Å². The average Bonchev–Trinajstić information content (AvgIpc) is 2.90. The molecule has 0 radical (unpaired) electrons. The number of anilines is 2. The number of hydrogen-bond donors (Lipinski definition) is 2. The summed E-state index contributed by atoms with van der Waals surface area (Å²) in [6, 6.07) is 4.90. The van der Waals surface area contributed by atoms with Gasteiger partial charge in [-0.1, -0.05) is 12.8 Å². The molecule has 1 aliphatic rings. The molecular formula is C13H19N3O3. The maximum absolute atomic E-state index is 10.7. The maximum atomic E-state index is 10.7. The number of non-ortho nitro benzene ring substituents is 1. The summed E-state index contributed by atoms with van der Waals surface area (Å²) in [5, 5.41) is 19.9. The number of nitrogen functional groups attached to an aromatic ring is 1. The summed E-state index contributed by atoms with van der Waals surface area (Å²) >= 11 is 0. The third-order valence-corrected chi connectivity index (χ3v) is 3.64. The van der Waals surface area contributed by atoms with Crippen molar-refractivity contribution in [2.45, 2.75) is 31.7 Å². The van der Waals surface area contributed by atoms with Crippen molar-refractivity contribution in [1.82, 2.24) is 0 Å². The van der Waals surface area contributed by atoms with E-state index in [9.17, 15) is 15.2 Å². The molecule has 0 saturated heterocycles. The lowest BCUT2D eigenvalue weighted by Crippen LogP contribution is -2.36. The summed E-state index contributed by atoms with van der Waals surface area (Å²) in [6.45, 7) is 0.555. The minimum absolute atomic E-state index is 0.00313. The van der Waals surface area contributed by atoms with Crippen molar-refractivity contribution >= 4 is 17.1 Å². The summed E-state index contributed by atoms with van der Waals surface area (Å²) in [5.41, 5.74) is 7.11. The second kappa shape index (κ2) is 5.88. The number of rotatable bonds is 5. The normalized spacial score (nSPS) is 15.6. The first-order valence-corrected chi connectivity index (χ1v) is 6.55. The highest BCUT2D eigenvalue weighted by Crippen LogP contribution is 2.33. The van der Waals surface area contributed by atoms with E-state index in [0.717, 1.165) is 18.5 Å². The molecule has 0 atom stereocenters. The van der Waals surface area contributed by atoms with E-state index in [4.69, 9.17) is 5.73 Å². The van der Waals surface area contributed by atoms with Gasteiger partial charge in [0.25, 0.3) is 5.69 Å². The van der Waals surface area contributed by atoms with E-state index >= 15 is 0 Å². The van der Waals surface area contributed by atoms with Gasteiger partial charge in [0.15, 0.2) is 0 Å². The minimum atomic E-state index is -0.452. The van der Waals surface area contributed by atoms with Gasteiger partial charge in [-0.25, -0.2) is 0 Å². The number of nitrogens with two attached hydrogens (primary N) is 1. The van der Waals surface area contributed by atoms with Crippen LogP contribution in [0.15, 0.2) is 18.2 Å². The van der Waals surface area contributed by atoms with E-state index in [1.165, 1.54) is 25.0 Å². The minimum Gasteiger partial charge on any atom is -0.397 e. The van der Waals surface area contributed by atoms with Crippen LogP contribution >= 0.6 is 0 Å². The van der Waals surface area contributed by atoms with Gasteiger partial charge in [0.1, 0.15) is 0 Å². The Hall–Kier alpha value is -1.82. The van der Waals surface area contributed by atoms with Gasteiger partial charge in [0.2, 0.25) is 0 Å². The number of aliphatic hydroxyl groups excluding tert-OH is 1. The smallest absolute Gasteiger partial charge is 0.271 e. The Morgan fingerprint density at radius 2 is 2.11 bits per heavy atom. The molecular weight excluding hydrogens is 246 g/mol. The fraction of sp³-hybridized carbons (Fsp3) is 0.538. The van der Waals surface area contributed by atoms with Gasteiger partial charge in [-0.2, -0.15) is 0 Å². The van der Waals surface area contributed by atoms with Gasteiger partial charge in [0.05, 0.1) is 22.9 Å². The quantitative estimate of drug-likeness (QED) is 0.482. The molecule has 1 aromatic rings. The van der Waals surface area contributed by atoms with Crippen LogP contribution in [0.4, 0.5) is 17.1 Å². The molecule has 6 nitrogen and oxygen atoms in total. The Labute approximate surface area is 112 Å². The van der Waals surface area contributed by atoms with Crippen molar-refractivity contribution in [3.8, 4) is 0 Å².